The van der Waals surface area contributed by atoms with Crippen LogP contribution < -0.4 is 0 Å². The number of carbonyl (C=O) groups is 2. The van der Waals surface area contributed by atoms with Crippen LogP contribution in [0.15, 0.2) is 0 Å². The summed E-state index contributed by atoms with van der Waals surface area (Å²) < 4.78 is 0. The molecule has 6 heteroatoms. The molecule has 0 bridgehead atoms. The van der Waals surface area contributed by atoms with Gasteiger partial charge in [0.15, 0.2) is 0 Å². The summed E-state index contributed by atoms with van der Waals surface area (Å²) in [5, 5.41) is 17.0. The highest BCUT2D eigenvalue weighted by Gasteiger charge is 1.98. The highest BCUT2D eigenvalue weighted by molar-refractivity contribution is 7.99. The largest absolute Gasteiger partial charge is 0.481 e. The summed E-state index contributed by atoms with van der Waals surface area (Å²) in [4.78, 5) is 20.6. The van der Waals surface area contributed by atoms with E-state index in [-0.39, 0.29) is 12.8 Å². The SMILES string of the molecule is O=C(O)CCSCCCCCCCCCCSCCC(=O)O. The predicted molar refractivity (Wildman–Crippen MR) is 96.1 cm³/mol. The van der Waals surface area contributed by atoms with Crippen LogP contribution in [0.4, 0.5) is 0 Å². The third-order valence-electron chi connectivity index (χ3n) is 3.25. The van der Waals surface area contributed by atoms with Crippen LogP contribution in [0, 0.1) is 0 Å². The van der Waals surface area contributed by atoms with Crippen molar-refractivity contribution in [2.45, 2.75) is 64.2 Å². The van der Waals surface area contributed by atoms with E-state index in [2.05, 4.69) is 0 Å². The zero-order chi connectivity index (χ0) is 16.5. The molecule has 0 atom stereocenters. The Hall–Kier alpha value is -0.360. The van der Waals surface area contributed by atoms with Gasteiger partial charge in [0.25, 0.3) is 0 Å². The quantitative estimate of drug-likeness (QED) is 0.376. The summed E-state index contributed by atoms with van der Waals surface area (Å²) in [6.07, 6.45) is 10.6. The third kappa shape index (κ3) is 19.6. The van der Waals surface area contributed by atoms with Gasteiger partial charge in [0.2, 0.25) is 0 Å². The van der Waals surface area contributed by atoms with Crippen molar-refractivity contribution in [3.05, 3.63) is 0 Å². The number of unbranched alkanes of at least 4 members (excludes halogenated alkanes) is 7. The van der Waals surface area contributed by atoms with Crippen molar-refractivity contribution in [2.24, 2.45) is 0 Å². The lowest BCUT2D eigenvalue weighted by Crippen LogP contribution is -1.96. The van der Waals surface area contributed by atoms with Crippen LogP contribution in [0.2, 0.25) is 0 Å². The van der Waals surface area contributed by atoms with Crippen LogP contribution in [0.3, 0.4) is 0 Å². The van der Waals surface area contributed by atoms with E-state index in [1.807, 2.05) is 0 Å². The first-order valence-corrected chi connectivity index (χ1v) is 10.5. The van der Waals surface area contributed by atoms with Crippen LogP contribution in [-0.2, 0) is 9.59 Å². The van der Waals surface area contributed by atoms with Crippen LogP contribution >= 0.6 is 23.5 Å². The van der Waals surface area contributed by atoms with Gasteiger partial charge < -0.3 is 10.2 Å². The van der Waals surface area contributed by atoms with Crippen LogP contribution in [0.25, 0.3) is 0 Å². The molecule has 0 unspecified atom stereocenters. The molecule has 0 saturated heterocycles. The molecule has 0 amide bonds. The monoisotopic (exact) mass is 350 g/mol. The number of carboxylic acids is 2. The Bertz CT molecular complexity index is 257. The molecule has 0 aromatic heterocycles. The van der Waals surface area contributed by atoms with Crippen molar-refractivity contribution in [3.8, 4) is 0 Å². The summed E-state index contributed by atoms with van der Waals surface area (Å²) in [5.74, 6) is 2.24. The molecule has 0 spiro atoms. The minimum absolute atomic E-state index is 0.277. The molecule has 22 heavy (non-hydrogen) atoms. The van der Waals surface area contributed by atoms with Crippen molar-refractivity contribution in [3.63, 3.8) is 0 Å². The summed E-state index contributed by atoms with van der Waals surface area (Å²) >= 11 is 3.49. The van der Waals surface area contributed by atoms with Gasteiger partial charge in [-0.25, -0.2) is 0 Å². The number of aliphatic carboxylic acids is 2. The van der Waals surface area contributed by atoms with Crippen molar-refractivity contribution in [2.75, 3.05) is 23.0 Å². The maximum absolute atomic E-state index is 10.3. The van der Waals surface area contributed by atoms with E-state index in [1.54, 1.807) is 23.5 Å². The zero-order valence-corrected chi connectivity index (χ0v) is 15.1. The molecule has 0 heterocycles. The second kappa shape index (κ2) is 17.0. The minimum atomic E-state index is -0.701. The zero-order valence-electron chi connectivity index (χ0n) is 13.4. The molecule has 0 fully saturated rings. The van der Waals surface area contributed by atoms with Crippen LogP contribution in [-0.4, -0.2) is 45.2 Å². The fourth-order valence-electron chi connectivity index (χ4n) is 1.99. The van der Waals surface area contributed by atoms with Crippen molar-refractivity contribution < 1.29 is 19.8 Å². The first kappa shape index (κ1) is 21.6. The topological polar surface area (TPSA) is 74.6 Å². The maximum atomic E-state index is 10.3. The first-order chi connectivity index (χ1) is 10.6. The molecular weight excluding hydrogens is 320 g/mol. The van der Waals surface area contributed by atoms with Gasteiger partial charge in [0, 0.05) is 11.5 Å². The predicted octanol–water partition coefficient (Wildman–Crippen LogP) is 4.52. The van der Waals surface area contributed by atoms with Crippen molar-refractivity contribution in [1.29, 1.82) is 0 Å². The smallest absolute Gasteiger partial charge is 0.304 e. The molecular formula is C16H30O4S2. The fraction of sp³-hybridized carbons (Fsp3) is 0.875. The van der Waals surface area contributed by atoms with Gasteiger partial charge in [-0.2, -0.15) is 23.5 Å². The standard InChI is InChI=1S/C16H30O4S2/c17-15(18)9-13-21-11-7-5-3-1-2-4-6-8-12-22-14-10-16(19)20/h1-14H2,(H,17,18)(H,19,20). The molecule has 0 aromatic rings. The number of carboxylic acid groups (broad SMARTS) is 2. The van der Waals surface area contributed by atoms with E-state index >= 15 is 0 Å². The van der Waals surface area contributed by atoms with Gasteiger partial charge in [0.1, 0.15) is 0 Å². The second-order valence-corrected chi connectivity index (χ2v) is 7.79. The summed E-state index contributed by atoms with van der Waals surface area (Å²) in [6.45, 7) is 0. The Balaban J connectivity index is 2.99. The van der Waals surface area contributed by atoms with Gasteiger partial charge in [0.05, 0.1) is 12.8 Å². The summed E-state index contributed by atoms with van der Waals surface area (Å²) in [5.41, 5.74) is 0. The average Bonchev–Trinajstić information content (AvgIpc) is 2.46. The van der Waals surface area contributed by atoms with E-state index in [0.717, 1.165) is 23.0 Å². The molecule has 0 aliphatic rings. The number of rotatable bonds is 17. The lowest BCUT2D eigenvalue weighted by molar-refractivity contribution is -0.137. The molecule has 4 nitrogen and oxygen atoms in total. The molecule has 0 aromatic carbocycles. The lowest BCUT2D eigenvalue weighted by Gasteiger charge is -2.03. The van der Waals surface area contributed by atoms with E-state index in [4.69, 9.17) is 10.2 Å². The van der Waals surface area contributed by atoms with Crippen LogP contribution in [0.1, 0.15) is 64.2 Å². The average molecular weight is 351 g/mol. The Kier molecular flexibility index (Phi) is 16.7. The van der Waals surface area contributed by atoms with E-state index in [9.17, 15) is 9.59 Å². The Morgan fingerprint density at radius 2 is 0.864 bits per heavy atom. The highest BCUT2D eigenvalue weighted by atomic mass is 32.2. The Morgan fingerprint density at radius 1 is 0.545 bits per heavy atom. The molecule has 0 radical (unpaired) electrons. The van der Waals surface area contributed by atoms with E-state index in [1.165, 1.54) is 51.4 Å². The van der Waals surface area contributed by atoms with Crippen molar-refractivity contribution >= 4 is 35.5 Å². The minimum Gasteiger partial charge on any atom is -0.481 e. The first-order valence-electron chi connectivity index (χ1n) is 8.22. The van der Waals surface area contributed by atoms with Crippen molar-refractivity contribution in [1.82, 2.24) is 0 Å². The van der Waals surface area contributed by atoms with Gasteiger partial charge in [-0.1, -0.05) is 38.5 Å². The number of hydrogen-bond acceptors (Lipinski definition) is 4. The van der Waals surface area contributed by atoms with E-state index in [0.29, 0.717) is 0 Å². The Morgan fingerprint density at radius 3 is 1.18 bits per heavy atom. The number of thioether (sulfide) groups is 2. The fourth-order valence-corrected chi connectivity index (χ4v) is 3.85. The summed E-state index contributed by atoms with van der Waals surface area (Å²) in [7, 11) is 0. The molecule has 130 valence electrons. The Labute approximate surface area is 142 Å². The molecule has 0 aliphatic heterocycles. The normalized spacial score (nSPS) is 10.7. The summed E-state index contributed by atoms with van der Waals surface area (Å²) in [6, 6.07) is 0. The van der Waals surface area contributed by atoms with Gasteiger partial charge in [-0.15, -0.1) is 0 Å². The molecule has 0 rings (SSSR count). The van der Waals surface area contributed by atoms with E-state index < -0.39 is 11.9 Å². The molecule has 0 aliphatic carbocycles. The third-order valence-corrected chi connectivity index (χ3v) is 5.39. The second-order valence-electron chi connectivity index (χ2n) is 5.34. The van der Waals surface area contributed by atoms with Gasteiger partial charge in [-0.3, -0.25) is 9.59 Å². The number of hydrogen-bond donors (Lipinski definition) is 2. The molecule has 2 N–H and O–H groups in total. The highest BCUT2D eigenvalue weighted by Crippen LogP contribution is 2.13. The van der Waals surface area contributed by atoms with Crippen LogP contribution in [0.5, 0.6) is 0 Å². The maximum Gasteiger partial charge on any atom is 0.304 e. The molecule has 0 saturated carbocycles. The van der Waals surface area contributed by atoms with Gasteiger partial charge >= 0.3 is 11.9 Å². The van der Waals surface area contributed by atoms with Gasteiger partial charge in [-0.05, 0) is 24.3 Å². The lowest BCUT2D eigenvalue weighted by atomic mass is 10.1.